The number of fused-ring (bicyclic) bond motifs is 1. The molecule has 1 atom stereocenters. The fourth-order valence-electron chi connectivity index (χ4n) is 3.26. The van der Waals surface area contributed by atoms with Crippen molar-refractivity contribution < 1.29 is 9.53 Å². The average molecular weight is 366 g/mol. The summed E-state index contributed by atoms with van der Waals surface area (Å²) in [6.07, 6.45) is 2.12. The van der Waals surface area contributed by atoms with Gasteiger partial charge < -0.3 is 4.74 Å². The van der Waals surface area contributed by atoms with E-state index in [-0.39, 0.29) is 12.0 Å². The SMILES string of the molecule is Cc1cc2nc(N(CC3CCCO3)C(=O)c3ccccc3)sc2cc1C. The van der Waals surface area contributed by atoms with E-state index in [1.165, 1.54) is 11.1 Å². The van der Waals surface area contributed by atoms with Crippen LogP contribution in [0.25, 0.3) is 10.2 Å². The summed E-state index contributed by atoms with van der Waals surface area (Å²) in [6, 6.07) is 13.7. The lowest BCUT2D eigenvalue weighted by Crippen LogP contribution is -2.37. The van der Waals surface area contributed by atoms with E-state index in [1.807, 2.05) is 30.3 Å². The van der Waals surface area contributed by atoms with Gasteiger partial charge in [-0.05, 0) is 62.1 Å². The predicted molar refractivity (Wildman–Crippen MR) is 106 cm³/mol. The van der Waals surface area contributed by atoms with Gasteiger partial charge in [0.2, 0.25) is 0 Å². The second-order valence-corrected chi connectivity index (χ2v) is 7.83. The van der Waals surface area contributed by atoms with Gasteiger partial charge in [-0.15, -0.1) is 0 Å². The Balaban J connectivity index is 1.73. The van der Waals surface area contributed by atoms with Crippen LogP contribution in [0.4, 0.5) is 5.13 Å². The fourth-order valence-corrected chi connectivity index (χ4v) is 4.31. The van der Waals surface area contributed by atoms with E-state index in [1.54, 1.807) is 16.2 Å². The highest BCUT2D eigenvalue weighted by Gasteiger charge is 2.27. The maximum absolute atomic E-state index is 13.2. The summed E-state index contributed by atoms with van der Waals surface area (Å²) in [5.74, 6) is -0.0198. The quantitative estimate of drug-likeness (QED) is 0.670. The Morgan fingerprint density at radius 2 is 2.00 bits per heavy atom. The lowest BCUT2D eigenvalue weighted by atomic mass is 10.1. The highest BCUT2D eigenvalue weighted by Crippen LogP contribution is 2.32. The summed E-state index contributed by atoms with van der Waals surface area (Å²) >= 11 is 1.57. The average Bonchev–Trinajstić information content (AvgIpc) is 3.30. The molecule has 4 rings (SSSR count). The molecule has 0 bridgehead atoms. The minimum Gasteiger partial charge on any atom is -0.376 e. The van der Waals surface area contributed by atoms with Gasteiger partial charge in [0.25, 0.3) is 5.91 Å². The number of hydrogen-bond donors (Lipinski definition) is 0. The molecule has 1 amide bonds. The van der Waals surface area contributed by atoms with Gasteiger partial charge in [0.15, 0.2) is 5.13 Å². The zero-order valence-electron chi connectivity index (χ0n) is 15.1. The Kier molecular flexibility index (Phi) is 4.74. The van der Waals surface area contributed by atoms with Gasteiger partial charge in [-0.25, -0.2) is 4.98 Å². The standard InChI is InChI=1S/C21H22N2O2S/c1-14-11-18-19(12-15(14)2)26-21(22-18)23(13-17-9-6-10-25-17)20(24)16-7-4-3-5-8-16/h3-5,7-8,11-12,17H,6,9-10,13H2,1-2H3. The minimum absolute atomic E-state index is 0.0198. The molecule has 5 heteroatoms. The summed E-state index contributed by atoms with van der Waals surface area (Å²) in [4.78, 5) is 19.7. The van der Waals surface area contributed by atoms with Crippen LogP contribution in [-0.4, -0.2) is 30.1 Å². The molecule has 2 heterocycles. The molecule has 1 aliphatic rings. The molecular weight excluding hydrogens is 344 g/mol. The van der Waals surface area contributed by atoms with E-state index in [9.17, 15) is 4.79 Å². The van der Waals surface area contributed by atoms with Crippen LogP contribution >= 0.6 is 11.3 Å². The third-order valence-electron chi connectivity index (χ3n) is 4.90. The largest absolute Gasteiger partial charge is 0.376 e. The van der Waals surface area contributed by atoms with E-state index < -0.39 is 0 Å². The van der Waals surface area contributed by atoms with Crippen LogP contribution in [0.2, 0.25) is 0 Å². The third-order valence-corrected chi connectivity index (χ3v) is 5.94. The zero-order chi connectivity index (χ0) is 18.1. The first kappa shape index (κ1) is 17.2. The van der Waals surface area contributed by atoms with E-state index in [2.05, 4.69) is 26.0 Å². The number of nitrogens with zero attached hydrogens (tertiary/aromatic N) is 2. The van der Waals surface area contributed by atoms with Crippen molar-refractivity contribution in [3.05, 3.63) is 59.2 Å². The van der Waals surface area contributed by atoms with Gasteiger partial charge in [0.05, 0.1) is 22.9 Å². The maximum Gasteiger partial charge on any atom is 0.260 e. The van der Waals surface area contributed by atoms with E-state index in [0.717, 1.165) is 34.8 Å². The molecule has 1 fully saturated rings. The van der Waals surface area contributed by atoms with E-state index in [0.29, 0.717) is 12.1 Å². The molecule has 0 saturated carbocycles. The van der Waals surface area contributed by atoms with Gasteiger partial charge in [-0.2, -0.15) is 0 Å². The van der Waals surface area contributed by atoms with Crippen molar-refractivity contribution in [1.29, 1.82) is 0 Å². The lowest BCUT2D eigenvalue weighted by Gasteiger charge is -2.23. The van der Waals surface area contributed by atoms with Gasteiger partial charge in [0.1, 0.15) is 0 Å². The molecular formula is C21H22N2O2S. The first-order chi connectivity index (χ1) is 12.6. The summed E-state index contributed by atoms with van der Waals surface area (Å²) in [5.41, 5.74) is 4.09. The first-order valence-electron chi connectivity index (χ1n) is 8.98. The molecule has 26 heavy (non-hydrogen) atoms. The molecule has 2 aromatic carbocycles. The Bertz CT molecular complexity index is 891. The molecule has 3 aromatic rings. The van der Waals surface area contributed by atoms with Crippen LogP contribution in [0.15, 0.2) is 42.5 Å². The number of thiazole rings is 1. The molecule has 1 unspecified atom stereocenters. The van der Waals surface area contributed by atoms with E-state index >= 15 is 0 Å². The molecule has 0 spiro atoms. The highest BCUT2D eigenvalue weighted by atomic mass is 32.1. The van der Waals surface area contributed by atoms with Crippen molar-refractivity contribution in [3.8, 4) is 0 Å². The van der Waals surface area contributed by atoms with Gasteiger partial charge in [-0.3, -0.25) is 9.69 Å². The van der Waals surface area contributed by atoms with Crippen LogP contribution in [-0.2, 0) is 4.74 Å². The van der Waals surface area contributed by atoms with E-state index in [4.69, 9.17) is 9.72 Å². The first-order valence-corrected chi connectivity index (χ1v) is 9.80. The molecule has 1 aromatic heterocycles. The molecule has 0 N–H and O–H groups in total. The number of carbonyl (C=O) groups is 1. The van der Waals surface area contributed by atoms with Crippen molar-refractivity contribution in [1.82, 2.24) is 4.98 Å². The summed E-state index contributed by atoms with van der Waals surface area (Å²) in [6.45, 7) is 5.52. The number of carbonyl (C=O) groups excluding carboxylic acids is 1. The third kappa shape index (κ3) is 3.37. The van der Waals surface area contributed by atoms with Gasteiger partial charge >= 0.3 is 0 Å². The Labute approximate surface area is 157 Å². The van der Waals surface area contributed by atoms with Crippen molar-refractivity contribution in [2.45, 2.75) is 32.8 Å². The fraction of sp³-hybridized carbons (Fsp3) is 0.333. The van der Waals surface area contributed by atoms with Gasteiger partial charge in [0, 0.05) is 12.2 Å². The van der Waals surface area contributed by atoms with Crippen LogP contribution in [0.3, 0.4) is 0 Å². The Morgan fingerprint density at radius 3 is 2.73 bits per heavy atom. The molecule has 0 radical (unpaired) electrons. The lowest BCUT2D eigenvalue weighted by molar-refractivity contribution is 0.0917. The number of amides is 1. The van der Waals surface area contributed by atoms with Crippen LogP contribution < -0.4 is 4.90 Å². The van der Waals surface area contributed by atoms with Crippen LogP contribution in [0.5, 0.6) is 0 Å². The number of anilines is 1. The normalized spacial score (nSPS) is 16.9. The molecule has 134 valence electrons. The summed E-state index contributed by atoms with van der Waals surface area (Å²) in [5, 5.41) is 0.745. The number of aromatic nitrogens is 1. The second-order valence-electron chi connectivity index (χ2n) is 6.82. The smallest absolute Gasteiger partial charge is 0.260 e. The second kappa shape index (κ2) is 7.17. The summed E-state index contributed by atoms with van der Waals surface area (Å²) < 4.78 is 6.90. The zero-order valence-corrected chi connectivity index (χ0v) is 15.9. The van der Waals surface area contributed by atoms with Crippen molar-refractivity contribution in [3.63, 3.8) is 0 Å². The van der Waals surface area contributed by atoms with Crippen molar-refractivity contribution in [2.24, 2.45) is 0 Å². The number of rotatable bonds is 4. The summed E-state index contributed by atoms with van der Waals surface area (Å²) in [7, 11) is 0. The molecule has 1 aliphatic heterocycles. The number of aryl methyl sites for hydroxylation is 2. The number of hydrogen-bond acceptors (Lipinski definition) is 4. The van der Waals surface area contributed by atoms with Crippen molar-refractivity contribution in [2.75, 3.05) is 18.1 Å². The van der Waals surface area contributed by atoms with Gasteiger partial charge in [-0.1, -0.05) is 29.5 Å². The highest BCUT2D eigenvalue weighted by molar-refractivity contribution is 7.22. The van der Waals surface area contributed by atoms with Crippen molar-refractivity contribution >= 4 is 32.6 Å². The molecule has 4 nitrogen and oxygen atoms in total. The predicted octanol–water partition coefficient (Wildman–Crippen LogP) is 4.74. The Morgan fingerprint density at radius 1 is 1.23 bits per heavy atom. The molecule has 1 saturated heterocycles. The van der Waals surface area contributed by atoms with Crippen LogP contribution in [0.1, 0.15) is 34.3 Å². The minimum atomic E-state index is -0.0198. The molecule has 0 aliphatic carbocycles. The number of ether oxygens (including phenoxy) is 1. The van der Waals surface area contributed by atoms with Crippen LogP contribution in [0, 0.1) is 13.8 Å². The topological polar surface area (TPSA) is 42.4 Å². The maximum atomic E-state index is 13.2. The monoisotopic (exact) mass is 366 g/mol. The Hall–Kier alpha value is -2.24. The number of benzene rings is 2.